The summed E-state index contributed by atoms with van der Waals surface area (Å²) in [6.45, 7) is 1.98. The molecule has 0 bridgehead atoms. The lowest BCUT2D eigenvalue weighted by Crippen LogP contribution is -2.25. The molecule has 2 aromatic heterocycles. The molecule has 3 heteroatoms. The van der Waals surface area contributed by atoms with Crippen LogP contribution < -0.4 is 4.57 Å². The van der Waals surface area contributed by atoms with Crippen LogP contribution in [-0.4, -0.2) is 5.16 Å². The third kappa shape index (κ3) is 1.45. The Kier molecular flexibility index (Phi) is 1.85. The molecule has 3 nitrogen and oxygen atoms in total. The van der Waals surface area contributed by atoms with Crippen molar-refractivity contribution >= 4 is 0 Å². The Morgan fingerprint density at radius 2 is 2.00 bits per heavy atom. The largest absolute Gasteiger partial charge is 0.356 e. The van der Waals surface area contributed by atoms with Crippen LogP contribution in [0.3, 0.4) is 0 Å². The number of pyridine rings is 1. The van der Waals surface area contributed by atoms with E-state index in [1.165, 1.54) is 0 Å². The predicted molar refractivity (Wildman–Crippen MR) is 47.9 cm³/mol. The van der Waals surface area contributed by atoms with Crippen molar-refractivity contribution in [3.05, 3.63) is 36.3 Å². The van der Waals surface area contributed by atoms with Gasteiger partial charge in [0.15, 0.2) is 18.2 Å². The van der Waals surface area contributed by atoms with Crippen molar-refractivity contribution < 1.29 is 9.09 Å². The Labute approximate surface area is 76.6 Å². The molecule has 0 radical (unpaired) electrons. The van der Waals surface area contributed by atoms with E-state index in [-0.39, 0.29) is 0 Å². The molecular weight excluding hydrogens is 164 g/mol. The average molecular weight is 175 g/mol. The van der Waals surface area contributed by atoms with E-state index in [1.54, 1.807) is 6.20 Å². The maximum atomic E-state index is 5.13. The molecule has 0 spiro atoms. The van der Waals surface area contributed by atoms with Gasteiger partial charge in [-0.1, -0.05) is 5.16 Å². The number of nitrogens with zero attached hydrogens (tertiary/aromatic N) is 2. The number of hydrogen-bond donors (Lipinski definition) is 0. The van der Waals surface area contributed by atoms with E-state index in [1.807, 2.05) is 43.1 Å². The lowest BCUT2D eigenvalue weighted by molar-refractivity contribution is -0.671. The Hall–Kier alpha value is -1.64. The molecule has 0 aliphatic rings. The minimum absolute atomic E-state index is 0.848. The minimum atomic E-state index is 0.848. The zero-order valence-corrected chi connectivity index (χ0v) is 7.69. The van der Waals surface area contributed by atoms with E-state index in [9.17, 15) is 0 Å². The van der Waals surface area contributed by atoms with Crippen molar-refractivity contribution in [1.29, 1.82) is 0 Å². The Morgan fingerprint density at radius 1 is 1.31 bits per heavy atom. The Bertz CT molecular complexity index is 403. The summed E-state index contributed by atoms with van der Waals surface area (Å²) in [4.78, 5) is 0. The third-order valence-electron chi connectivity index (χ3n) is 1.99. The second-order valence-electron chi connectivity index (χ2n) is 3.09. The summed E-state index contributed by atoms with van der Waals surface area (Å²) in [7, 11) is 1.98. The van der Waals surface area contributed by atoms with Gasteiger partial charge in [-0.05, 0) is 6.92 Å². The molecule has 0 saturated heterocycles. The molecule has 0 aliphatic heterocycles. The van der Waals surface area contributed by atoms with E-state index in [0.717, 1.165) is 16.9 Å². The molecule has 13 heavy (non-hydrogen) atoms. The molecule has 0 aromatic carbocycles. The summed E-state index contributed by atoms with van der Waals surface area (Å²) >= 11 is 0. The molecule has 0 amide bonds. The van der Waals surface area contributed by atoms with Gasteiger partial charge in [0, 0.05) is 23.3 Å². The normalized spacial score (nSPS) is 10.3. The summed E-state index contributed by atoms with van der Waals surface area (Å²) in [5, 5.41) is 3.74. The van der Waals surface area contributed by atoms with Gasteiger partial charge >= 0.3 is 0 Å². The minimum Gasteiger partial charge on any atom is -0.356 e. The lowest BCUT2D eigenvalue weighted by atomic mass is 10.1. The highest BCUT2D eigenvalue weighted by molar-refractivity contribution is 5.58. The van der Waals surface area contributed by atoms with Gasteiger partial charge in [0.25, 0.3) is 0 Å². The van der Waals surface area contributed by atoms with Crippen LogP contribution >= 0.6 is 0 Å². The molecule has 2 aromatic rings. The van der Waals surface area contributed by atoms with Crippen molar-refractivity contribution in [2.24, 2.45) is 7.05 Å². The smallest absolute Gasteiger partial charge is 0.170 e. The van der Waals surface area contributed by atoms with Gasteiger partial charge < -0.3 is 4.52 Å². The van der Waals surface area contributed by atoms with Gasteiger partial charge in [-0.2, -0.15) is 0 Å². The Morgan fingerprint density at radius 3 is 2.54 bits per heavy atom. The number of aromatic nitrogens is 2. The molecule has 0 saturated carbocycles. The number of aryl methyl sites for hydroxylation is 2. The molecule has 66 valence electrons. The van der Waals surface area contributed by atoms with Crippen molar-refractivity contribution in [2.75, 3.05) is 0 Å². The third-order valence-corrected chi connectivity index (χ3v) is 1.99. The van der Waals surface area contributed by atoms with Crippen LogP contribution in [0, 0.1) is 6.92 Å². The van der Waals surface area contributed by atoms with Crippen LogP contribution in [0.15, 0.2) is 35.2 Å². The first-order chi connectivity index (χ1) is 6.27. The van der Waals surface area contributed by atoms with Crippen LogP contribution in [0.5, 0.6) is 0 Å². The van der Waals surface area contributed by atoms with Gasteiger partial charge in [-0.25, -0.2) is 4.57 Å². The summed E-state index contributed by atoms with van der Waals surface area (Å²) in [6, 6.07) is 4.01. The van der Waals surface area contributed by atoms with E-state index in [4.69, 9.17) is 4.52 Å². The van der Waals surface area contributed by atoms with Crippen molar-refractivity contribution in [3.8, 4) is 11.3 Å². The van der Waals surface area contributed by atoms with E-state index < -0.39 is 0 Å². The van der Waals surface area contributed by atoms with Gasteiger partial charge in [-0.3, -0.25) is 0 Å². The summed E-state index contributed by atoms with van der Waals surface area (Å²) < 4.78 is 7.11. The zero-order chi connectivity index (χ0) is 9.26. The highest BCUT2D eigenvalue weighted by atomic mass is 16.5. The SMILES string of the molecule is Cc1cnoc1-c1cc[n+](C)cc1. The van der Waals surface area contributed by atoms with E-state index in [2.05, 4.69) is 5.16 Å². The quantitative estimate of drug-likeness (QED) is 0.614. The monoisotopic (exact) mass is 175 g/mol. The van der Waals surface area contributed by atoms with E-state index >= 15 is 0 Å². The van der Waals surface area contributed by atoms with Crippen LogP contribution in [0.25, 0.3) is 11.3 Å². The Balaban J connectivity index is 2.47. The molecule has 0 N–H and O–H groups in total. The van der Waals surface area contributed by atoms with Crippen LogP contribution in [0.2, 0.25) is 0 Å². The molecule has 0 aliphatic carbocycles. The zero-order valence-electron chi connectivity index (χ0n) is 7.69. The first kappa shape index (κ1) is 7.98. The fraction of sp³-hybridized carbons (Fsp3) is 0.200. The fourth-order valence-electron chi connectivity index (χ4n) is 1.22. The number of rotatable bonds is 1. The van der Waals surface area contributed by atoms with Crippen LogP contribution in [0.1, 0.15) is 5.56 Å². The molecular formula is C10H11N2O+. The van der Waals surface area contributed by atoms with Gasteiger partial charge in [0.2, 0.25) is 0 Å². The molecule has 0 unspecified atom stereocenters. The molecule has 0 fully saturated rings. The molecule has 2 heterocycles. The van der Waals surface area contributed by atoms with Gasteiger partial charge in [-0.15, -0.1) is 0 Å². The highest BCUT2D eigenvalue weighted by Crippen LogP contribution is 2.20. The topological polar surface area (TPSA) is 29.9 Å². The summed E-state index contributed by atoms with van der Waals surface area (Å²) in [5.41, 5.74) is 2.13. The first-order valence-electron chi connectivity index (χ1n) is 4.14. The van der Waals surface area contributed by atoms with Gasteiger partial charge in [0.1, 0.15) is 7.05 Å². The van der Waals surface area contributed by atoms with E-state index in [0.29, 0.717) is 0 Å². The van der Waals surface area contributed by atoms with Crippen molar-refractivity contribution in [1.82, 2.24) is 5.16 Å². The first-order valence-corrected chi connectivity index (χ1v) is 4.14. The standard InChI is InChI=1S/C10H11N2O/c1-8-7-11-13-10(8)9-3-5-12(2)6-4-9/h3-7H,1-2H3/q+1. The summed E-state index contributed by atoms with van der Waals surface area (Å²) in [5.74, 6) is 0.848. The lowest BCUT2D eigenvalue weighted by Gasteiger charge is -1.94. The average Bonchev–Trinajstić information content (AvgIpc) is 2.53. The van der Waals surface area contributed by atoms with Crippen LogP contribution in [0.4, 0.5) is 0 Å². The van der Waals surface area contributed by atoms with Crippen molar-refractivity contribution in [3.63, 3.8) is 0 Å². The van der Waals surface area contributed by atoms with Crippen LogP contribution in [-0.2, 0) is 7.05 Å². The fourth-order valence-corrected chi connectivity index (χ4v) is 1.22. The second-order valence-corrected chi connectivity index (χ2v) is 3.09. The predicted octanol–water partition coefficient (Wildman–Crippen LogP) is 1.47. The second kappa shape index (κ2) is 3.01. The van der Waals surface area contributed by atoms with Crippen molar-refractivity contribution in [2.45, 2.75) is 6.92 Å². The molecule has 2 rings (SSSR count). The highest BCUT2D eigenvalue weighted by Gasteiger charge is 2.07. The summed E-state index contributed by atoms with van der Waals surface area (Å²) in [6.07, 6.45) is 5.69. The number of hydrogen-bond acceptors (Lipinski definition) is 2. The maximum absolute atomic E-state index is 5.13. The maximum Gasteiger partial charge on any atom is 0.170 e. The molecule has 0 atom stereocenters. The van der Waals surface area contributed by atoms with Gasteiger partial charge in [0.05, 0.1) is 6.20 Å².